The lowest BCUT2D eigenvalue weighted by atomic mass is 9.98. The van der Waals surface area contributed by atoms with Crippen LogP contribution in [0.25, 0.3) is 0 Å². The third-order valence-electron chi connectivity index (χ3n) is 4.43. The molecule has 2 rings (SSSR count). The number of amides is 2. The second-order valence-corrected chi connectivity index (χ2v) is 8.58. The van der Waals surface area contributed by atoms with Gasteiger partial charge in [0.1, 0.15) is 5.82 Å². The number of nitrogens with zero attached hydrogens (tertiary/aromatic N) is 3. The molecule has 1 aromatic rings. The van der Waals surface area contributed by atoms with Crippen LogP contribution in [0.15, 0.2) is 29.2 Å². The number of sulfonamides is 1. The number of carbonyl (C=O) groups is 2. The Morgan fingerprint density at radius 2 is 1.81 bits per heavy atom. The Bertz CT molecular complexity index is 765. The Hall–Kier alpha value is -2.00. The predicted octanol–water partition coefficient (Wildman–Crippen LogP) is 0.773. The van der Waals surface area contributed by atoms with Crippen LogP contribution in [0.1, 0.15) is 12.8 Å². The lowest BCUT2D eigenvalue weighted by molar-refractivity contribution is -0.141. The SMILES string of the molecule is CN(C)C(=O)CN(C)C(=O)[C@@H]1CCCN(S(=O)(=O)c2ccc(F)cc2)C1. The van der Waals surface area contributed by atoms with Crippen molar-refractivity contribution in [3.8, 4) is 0 Å². The zero-order chi connectivity index (χ0) is 19.5. The molecule has 1 atom stereocenters. The summed E-state index contributed by atoms with van der Waals surface area (Å²) in [5, 5.41) is 0. The van der Waals surface area contributed by atoms with Gasteiger partial charge in [-0.1, -0.05) is 0 Å². The minimum absolute atomic E-state index is 0.00291. The summed E-state index contributed by atoms with van der Waals surface area (Å²) in [6.45, 7) is 0.315. The number of likely N-dealkylation sites (N-methyl/N-ethyl adjacent to an activating group) is 2. The molecule has 144 valence electrons. The molecule has 0 aromatic heterocycles. The van der Waals surface area contributed by atoms with Crippen LogP contribution in [0.2, 0.25) is 0 Å². The van der Waals surface area contributed by atoms with Gasteiger partial charge in [0.25, 0.3) is 0 Å². The monoisotopic (exact) mass is 385 g/mol. The van der Waals surface area contributed by atoms with Crippen LogP contribution in [0.4, 0.5) is 4.39 Å². The largest absolute Gasteiger partial charge is 0.347 e. The number of rotatable bonds is 5. The van der Waals surface area contributed by atoms with Gasteiger partial charge in [-0.05, 0) is 37.1 Å². The summed E-state index contributed by atoms with van der Waals surface area (Å²) in [7, 11) is 0.971. The summed E-state index contributed by atoms with van der Waals surface area (Å²) in [5.41, 5.74) is 0. The van der Waals surface area contributed by atoms with E-state index in [2.05, 4.69) is 0 Å². The molecule has 1 saturated heterocycles. The van der Waals surface area contributed by atoms with Crippen molar-refractivity contribution in [1.29, 1.82) is 0 Å². The van der Waals surface area contributed by atoms with E-state index in [4.69, 9.17) is 0 Å². The molecular weight excluding hydrogens is 361 g/mol. The smallest absolute Gasteiger partial charge is 0.243 e. The minimum Gasteiger partial charge on any atom is -0.347 e. The highest BCUT2D eigenvalue weighted by atomic mass is 32.2. The van der Waals surface area contributed by atoms with Crippen LogP contribution < -0.4 is 0 Å². The molecule has 1 aliphatic rings. The summed E-state index contributed by atoms with van der Waals surface area (Å²) in [4.78, 5) is 27.1. The van der Waals surface area contributed by atoms with Crippen LogP contribution in [0.3, 0.4) is 0 Å². The number of piperidine rings is 1. The van der Waals surface area contributed by atoms with Crippen molar-refractivity contribution in [2.24, 2.45) is 5.92 Å². The predicted molar refractivity (Wildman–Crippen MR) is 94.2 cm³/mol. The van der Waals surface area contributed by atoms with Gasteiger partial charge in [0.15, 0.2) is 0 Å². The third-order valence-corrected chi connectivity index (χ3v) is 6.31. The number of halogens is 1. The van der Waals surface area contributed by atoms with E-state index < -0.39 is 21.8 Å². The first-order valence-corrected chi connectivity index (χ1v) is 9.77. The van der Waals surface area contributed by atoms with E-state index >= 15 is 0 Å². The van der Waals surface area contributed by atoms with Gasteiger partial charge < -0.3 is 9.80 Å². The Morgan fingerprint density at radius 1 is 1.19 bits per heavy atom. The lowest BCUT2D eigenvalue weighted by Crippen LogP contribution is -2.47. The van der Waals surface area contributed by atoms with Crippen LogP contribution >= 0.6 is 0 Å². The topological polar surface area (TPSA) is 78.0 Å². The summed E-state index contributed by atoms with van der Waals surface area (Å²) in [5.74, 6) is -1.46. The molecule has 1 aliphatic heterocycles. The zero-order valence-electron chi connectivity index (χ0n) is 15.2. The van der Waals surface area contributed by atoms with Crippen molar-refractivity contribution >= 4 is 21.8 Å². The van der Waals surface area contributed by atoms with Crippen LogP contribution in [-0.4, -0.2) is 75.1 Å². The normalized spacial score (nSPS) is 18.4. The third kappa shape index (κ3) is 4.59. The second kappa shape index (κ2) is 8.13. The highest BCUT2D eigenvalue weighted by molar-refractivity contribution is 7.89. The Morgan fingerprint density at radius 3 is 2.38 bits per heavy atom. The average molecular weight is 385 g/mol. The quantitative estimate of drug-likeness (QED) is 0.750. The maximum absolute atomic E-state index is 13.0. The van der Waals surface area contributed by atoms with E-state index in [9.17, 15) is 22.4 Å². The van der Waals surface area contributed by atoms with Gasteiger partial charge in [0, 0.05) is 34.2 Å². The first-order valence-electron chi connectivity index (χ1n) is 8.33. The molecule has 2 amide bonds. The maximum atomic E-state index is 13.0. The Labute approximate surface area is 153 Å². The minimum atomic E-state index is -3.79. The number of hydrogen-bond acceptors (Lipinski definition) is 4. The van der Waals surface area contributed by atoms with Crippen molar-refractivity contribution in [2.45, 2.75) is 17.7 Å². The standard InChI is InChI=1S/C17H24FN3O4S/c1-19(2)16(22)12-20(3)17(23)13-5-4-10-21(11-13)26(24,25)15-8-6-14(18)7-9-15/h6-9,13H,4-5,10-12H2,1-3H3/t13-/m1/s1. The molecule has 1 heterocycles. The Balaban J connectivity index is 2.09. The van der Waals surface area contributed by atoms with E-state index in [0.717, 1.165) is 12.1 Å². The zero-order valence-corrected chi connectivity index (χ0v) is 16.0. The first kappa shape index (κ1) is 20.3. The highest BCUT2D eigenvalue weighted by Gasteiger charge is 2.34. The van der Waals surface area contributed by atoms with Crippen molar-refractivity contribution in [2.75, 3.05) is 40.8 Å². The number of carbonyl (C=O) groups excluding carboxylic acids is 2. The maximum Gasteiger partial charge on any atom is 0.243 e. The van der Waals surface area contributed by atoms with E-state index in [1.165, 1.54) is 33.3 Å². The van der Waals surface area contributed by atoms with Gasteiger partial charge in [-0.25, -0.2) is 12.8 Å². The van der Waals surface area contributed by atoms with Crippen LogP contribution in [0, 0.1) is 11.7 Å². The number of hydrogen-bond donors (Lipinski definition) is 0. The van der Waals surface area contributed by atoms with Gasteiger partial charge in [0.2, 0.25) is 21.8 Å². The Kier molecular flexibility index (Phi) is 6.35. The fourth-order valence-corrected chi connectivity index (χ4v) is 4.38. The molecule has 7 nitrogen and oxygen atoms in total. The summed E-state index contributed by atoms with van der Waals surface area (Å²) >= 11 is 0. The molecule has 0 unspecified atom stereocenters. The van der Waals surface area contributed by atoms with E-state index in [0.29, 0.717) is 19.4 Å². The van der Waals surface area contributed by atoms with Gasteiger partial charge in [-0.15, -0.1) is 0 Å². The van der Waals surface area contributed by atoms with Gasteiger partial charge >= 0.3 is 0 Å². The van der Waals surface area contributed by atoms with Gasteiger partial charge in [-0.2, -0.15) is 4.31 Å². The van der Waals surface area contributed by atoms with Gasteiger partial charge in [-0.3, -0.25) is 9.59 Å². The van der Waals surface area contributed by atoms with Gasteiger partial charge in [0.05, 0.1) is 17.4 Å². The van der Waals surface area contributed by atoms with Crippen LogP contribution in [-0.2, 0) is 19.6 Å². The highest BCUT2D eigenvalue weighted by Crippen LogP contribution is 2.25. The first-order chi connectivity index (χ1) is 12.1. The molecule has 1 aromatic carbocycles. The van der Waals surface area contributed by atoms with Crippen molar-refractivity contribution in [3.63, 3.8) is 0 Å². The van der Waals surface area contributed by atoms with E-state index in [1.54, 1.807) is 14.1 Å². The molecule has 0 N–H and O–H groups in total. The lowest BCUT2D eigenvalue weighted by Gasteiger charge is -2.33. The molecule has 1 fully saturated rings. The molecule has 0 radical (unpaired) electrons. The summed E-state index contributed by atoms with van der Waals surface area (Å²) < 4.78 is 39.7. The fraction of sp³-hybridized carbons (Fsp3) is 0.529. The molecule has 0 aliphatic carbocycles. The molecule has 0 spiro atoms. The molecule has 26 heavy (non-hydrogen) atoms. The van der Waals surface area contributed by atoms with Crippen molar-refractivity contribution < 1.29 is 22.4 Å². The summed E-state index contributed by atoms with van der Waals surface area (Å²) in [6, 6.07) is 4.64. The number of benzene rings is 1. The average Bonchev–Trinajstić information content (AvgIpc) is 2.61. The summed E-state index contributed by atoms with van der Waals surface area (Å²) in [6.07, 6.45) is 1.11. The molecular formula is C17H24FN3O4S. The van der Waals surface area contributed by atoms with Crippen molar-refractivity contribution in [3.05, 3.63) is 30.1 Å². The van der Waals surface area contributed by atoms with E-state index in [-0.39, 0.29) is 29.8 Å². The molecule has 0 bridgehead atoms. The van der Waals surface area contributed by atoms with Crippen molar-refractivity contribution in [1.82, 2.24) is 14.1 Å². The molecule has 0 saturated carbocycles. The fourth-order valence-electron chi connectivity index (χ4n) is 2.85. The van der Waals surface area contributed by atoms with E-state index in [1.807, 2.05) is 0 Å². The molecule has 9 heteroatoms. The second-order valence-electron chi connectivity index (χ2n) is 6.64. The van der Waals surface area contributed by atoms with Crippen LogP contribution in [0.5, 0.6) is 0 Å².